The van der Waals surface area contributed by atoms with Gasteiger partial charge in [0.2, 0.25) is 0 Å². The molecule has 0 saturated heterocycles. The quantitative estimate of drug-likeness (QED) is 0.813. The number of rotatable bonds is 5. The summed E-state index contributed by atoms with van der Waals surface area (Å²) >= 11 is 0. The highest BCUT2D eigenvalue weighted by Crippen LogP contribution is 2.23. The molecule has 5 heteroatoms. The Labute approximate surface area is 160 Å². The van der Waals surface area contributed by atoms with E-state index in [1.165, 1.54) is 6.42 Å². The number of nitrogens with zero attached hydrogens (tertiary/aromatic N) is 1. The SMILES string of the molecule is Cc1ccc(C)n1-c1ccc(C(=O)OCC(=O)N[C@@H]2CCCC[C@H]2C)cc1. The van der Waals surface area contributed by atoms with Gasteiger partial charge in [0.15, 0.2) is 6.61 Å². The number of aryl methyl sites for hydroxylation is 2. The molecule has 1 aliphatic carbocycles. The van der Waals surface area contributed by atoms with Crippen LogP contribution in [0.5, 0.6) is 0 Å². The van der Waals surface area contributed by atoms with Gasteiger partial charge in [-0.2, -0.15) is 0 Å². The third kappa shape index (κ3) is 4.59. The smallest absolute Gasteiger partial charge is 0.338 e. The van der Waals surface area contributed by atoms with Crippen LogP contribution in [0.1, 0.15) is 54.4 Å². The van der Waals surface area contributed by atoms with Crippen LogP contribution in [0.15, 0.2) is 36.4 Å². The van der Waals surface area contributed by atoms with Crippen LogP contribution >= 0.6 is 0 Å². The molecular weight excluding hydrogens is 340 g/mol. The molecule has 1 amide bonds. The summed E-state index contributed by atoms with van der Waals surface area (Å²) in [5.41, 5.74) is 3.71. The van der Waals surface area contributed by atoms with Gasteiger partial charge in [-0.15, -0.1) is 0 Å². The Morgan fingerprint density at radius 1 is 1.04 bits per heavy atom. The van der Waals surface area contributed by atoms with Gasteiger partial charge in [0, 0.05) is 23.1 Å². The van der Waals surface area contributed by atoms with Gasteiger partial charge in [-0.3, -0.25) is 4.79 Å². The van der Waals surface area contributed by atoms with E-state index in [2.05, 4.69) is 28.9 Å². The summed E-state index contributed by atoms with van der Waals surface area (Å²) in [7, 11) is 0. The zero-order valence-electron chi connectivity index (χ0n) is 16.3. The van der Waals surface area contributed by atoms with Crippen molar-refractivity contribution < 1.29 is 14.3 Å². The van der Waals surface area contributed by atoms with E-state index in [9.17, 15) is 9.59 Å². The number of hydrogen-bond acceptors (Lipinski definition) is 3. The van der Waals surface area contributed by atoms with Gasteiger partial charge >= 0.3 is 5.97 Å². The molecule has 1 heterocycles. The molecule has 0 unspecified atom stereocenters. The van der Waals surface area contributed by atoms with Gasteiger partial charge in [0.05, 0.1) is 5.56 Å². The maximum absolute atomic E-state index is 12.2. The summed E-state index contributed by atoms with van der Waals surface area (Å²) in [5, 5.41) is 3.00. The summed E-state index contributed by atoms with van der Waals surface area (Å²) in [6.45, 7) is 6.01. The fraction of sp³-hybridized carbons (Fsp3) is 0.455. The number of hydrogen-bond donors (Lipinski definition) is 1. The molecule has 0 bridgehead atoms. The zero-order valence-corrected chi connectivity index (χ0v) is 16.3. The van der Waals surface area contributed by atoms with Crippen LogP contribution in [0.4, 0.5) is 0 Å². The third-order valence-electron chi connectivity index (χ3n) is 5.42. The molecule has 3 rings (SSSR count). The van der Waals surface area contributed by atoms with Crippen LogP contribution in [-0.2, 0) is 9.53 Å². The van der Waals surface area contributed by atoms with Crippen molar-refractivity contribution in [3.63, 3.8) is 0 Å². The lowest BCUT2D eigenvalue weighted by Gasteiger charge is -2.29. The van der Waals surface area contributed by atoms with Crippen molar-refractivity contribution in [1.29, 1.82) is 0 Å². The van der Waals surface area contributed by atoms with Crippen molar-refractivity contribution in [3.05, 3.63) is 53.3 Å². The molecule has 1 aromatic carbocycles. The lowest BCUT2D eigenvalue weighted by molar-refractivity contribution is -0.125. The number of aromatic nitrogens is 1. The summed E-state index contributed by atoms with van der Waals surface area (Å²) in [4.78, 5) is 24.3. The highest BCUT2D eigenvalue weighted by atomic mass is 16.5. The van der Waals surface area contributed by atoms with E-state index >= 15 is 0 Å². The average molecular weight is 368 g/mol. The average Bonchev–Trinajstić information content (AvgIpc) is 3.00. The number of ether oxygens (including phenoxy) is 1. The first-order chi connectivity index (χ1) is 13.0. The molecule has 0 aliphatic heterocycles. The minimum absolute atomic E-state index is 0.192. The third-order valence-corrected chi connectivity index (χ3v) is 5.42. The van der Waals surface area contributed by atoms with Crippen LogP contribution in [0, 0.1) is 19.8 Å². The maximum Gasteiger partial charge on any atom is 0.338 e. The van der Waals surface area contributed by atoms with Crippen molar-refractivity contribution >= 4 is 11.9 Å². The van der Waals surface area contributed by atoms with Crippen LogP contribution in [0.2, 0.25) is 0 Å². The van der Waals surface area contributed by atoms with Crippen LogP contribution in [0.3, 0.4) is 0 Å². The fourth-order valence-corrected chi connectivity index (χ4v) is 3.82. The number of benzene rings is 1. The molecular formula is C22H28N2O3. The van der Waals surface area contributed by atoms with Crippen LogP contribution in [-0.4, -0.2) is 29.1 Å². The first kappa shape index (κ1) is 19.2. The molecule has 5 nitrogen and oxygen atoms in total. The topological polar surface area (TPSA) is 60.3 Å². The lowest BCUT2D eigenvalue weighted by Crippen LogP contribution is -2.42. The highest BCUT2D eigenvalue weighted by Gasteiger charge is 2.23. The van der Waals surface area contributed by atoms with E-state index in [4.69, 9.17) is 4.74 Å². The first-order valence-electron chi connectivity index (χ1n) is 9.67. The van der Waals surface area contributed by atoms with Gasteiger partial charge in [0.25, 0.3) is 5.91 Å². The predicted molar refractivity (Wildman–Crippen MR) is 105 cm³/mol. The summed E-state index contributed by atoms with van der Waals surface area (Å²) in [6, 6.07) is 11.6. The van der Waals surface area contributed by atoms with Gasteiger partial charge in [-0.05, 0) is 69.0 Å². The van der Waals surface area contributed by atoms with E-state index in [0.29, 0.717) is 11.5 Å². The number of amides is 1. The normalized spacial score (nSPS) is 19.5. The fourth-order valence-electron chi connectivity index (χ4n) is 3.82. The Kier molecular flexibility index (Phi) is 5.99. The zero-order chi connectivity index (χ0) is 19.4. The maximum atomic E-state index is 12.2. The van der Waals surface area contributed by atoms with E-state index < -0.39 is 5.97 Å². The molecule has 27 heavy (non-hydrogen) atoms. The lowest BCUT2D eigenvalue weighted by atomic mass is 9.86. The van der Waals surface area contributed by atoms with Gasteiger partial charge in [-0.25, -0.2) is 4.79 Å². The minimum Gasteiger partial charge on any atom is -0.452 e. The van der Waals surface area contributed by atoms with Crippen molar-refractivity contribution in [2.75, 3.05) is 6.61 Å². The summed E-state index contributed by atoms with van der Waals surface area (Å²) in [5.74, 6) is -0.224. The molecule has 1 N–H and O–H groups in total. The first-order valence-corrected chi connectivity index (χ1v) is 9.67. The van der Waals surface area contributed by atoms with Crippen molar-refractivity contribution in [2.45, 2.75) is 52.5 Å². The van der Waals surface area contributed by atoms with Crippen LogP contribution in [0.25, 0.3) is 5.69 Å². The number of esters is 1. The second-order valence-corrected chi connectivity index (χ2v) is 7.51. The Bertz CT molecular complexity index is 788. The molecule has 2 atom stereocenters. The van der Waals surface area contributed by atoms with Crippen LogP contribution < -0.4 is 5.32 Å². The predicted octanol–water partition coefficient (Wildman–Crippen LogP) is 3.95. The standard InChI is InChI=1S/C22H28N2O3/c1-15-6-4-5-7-20(15)23-21(25)14-27-22(26)18-10-12-19(13-11-18)24-16(2)8-9-17(24)3/h8-13,15,20H,4-7,14H2,1-3H3,(H,23,25)/t15-,20-/m1/s1. The summed E-state index contributed by atoms with van der Waals surface area (Å²) in [6.07, 6.45) is 4.50. The van der Waals surface area contributed by atoms with Crippen molar-refractivity contribution in [2.24, 2.45) is 5.92 Å². The largest absolute Gasteiger partial charge is 0.452 e. The Balaban J connectivity index is 1.54. The van der Waals surface area contributed by atoms with Crippen molar-refractivity contribution in [1.82, 2.24) is 9.88 Å². The van der Waals surface area contributed by atoms with E-state index in [-0.39, 0.29) is 18.6 Å². The molecule has 2 aromatic rings. The number of carbonyl (C=O) groups is 2. The Morgan fingerprint density at radius 3 is 2.30 bits per heavy atom. The van der Waals surface area contributed by atoms with E-state index in [0.717, 1.165) is 36.3 Å². The molecule has 0 radical (unpaired) electrons. The van der Waals surface area contributed by atoms with Crippen molar-refractivity contribution in [3.8, 4) is 5.69 Å². The minimum atomic E-state index is -0.477. The molecule has 0 spiro atoms. The second kappa shape index (κ2) is 8.42. The molecule has 1 aromatic heterocycles. The Morgan fingerprint density at radius 2 is 1.67 bits per heavy atom. The van der Waals surface area contributed by atoms with E-state index in [1.54, 1.807) is 12.1 Å². The monoisotopic (exact) mass is 368 g/mol. The van der Waals surface area contributed by atoms with Gasteiger partial charge in [-0.1, -0.05) is 19.8 Å². The highest BCUT2D eigenvalue weighted by molar-refractivity contribution is 5.91. The second-order valence-electron chi connectivity index (χ2n) is 7.51. The number of nitrogens with one attached hydrogen (secondary N) is 1. The summed E-state index contributed by atoms with van der Waals surface area (Å²) < 4.78 is 7.31. The van der Waals surface area contributed by atoms with E-state index in [1.807, 2.05) is 26.0 Å². The molecule has 1 aliphatic rings. The Hall–Kier alpha value is -2.56. The van der Waals surface area contributed by atoms with Gasteiger partial charge in [0.1, 0.15) is 0 Å². The molecule has 1 saturated carbocycles. The molecule has 1 fully saturated rings. The van der Waals surface area contributed by atoms with Gasteiger partial charge < -0.3 is 14.6 Å². The molecule has 144 valence electrons. The number of carbonyl (C=O) groups excluding carboxylic acids is 2.